The molecule has 0 amide bonds. The van der Waals surface area contributed by atoms with Crippen LogP contribution in [0.2, 0.25) is 0 Å². The highest BCUT2D eigenvalue weighted by atomic mass is 19.4. The summed E-state index contributed by atoms with van der Waals surface area (Å²) in [7, 11) is 0. The predicted molar refractivity (Wildman–Crippen MR) is 85.9 cm³/mol. The molecule has 0 radical (unpaired) electrons. The summed E-state index contributed by atoms with van der Waals surface area (Å²) in [6.07, 6.45) is 6.43. The Morgan fingerprint density at radius 1 is 0.960 bits per heavy atom. The van der Waals surface area contributed by atoms with Crippen molar-refractivity contribution < 1.29 is 13.2 Å². The van der Waals surface area contributed by atoms with E-state index in [0.717, 1.165) is 25.1 Å². The number of rotatable bonds is 0. The molecule has 2 fully saturated rings. The molecule has 0 aromatic carbocycles. The van der Waals surface area contributed by atoms with Crippen molar-refractivity contribution >= 4 is 5.95 Å². The Kier molecular flexibility index (Phi) is 2.84. The number of hydrogen-bond donors (Lipinski definition) is 1. The molecule has 4 aliphatic rings. The molecule has 2 saturated carbocycles. The number of nitrogens with one attached hydrogen (secondary N) is 1. The number of fused-ring (bicyclic) bond motifs is 5. The Labute approximate surface area is 143 Å². The first-order valence-corrected chi connectivity index (χ1v) is 8.57. The average Bonchev–Trinajstić information content (AvgIpc) is 3.44. The van der Waals surface area contributed by atoms with Crippen molar-refractivity contribution in [1.82, 2.24) is 15.0 Å². The normalized spacial score (nSPS) is 30.4. The molecular weight excluding hydrogens is 329 g/mol. The lowest BCUT2D eigenvalue weighted by Gasteiger charge is -2.19. The zero-order valence-electron chi connectivity index (χ0n) is 13.5. The minimum absolute atomic E-state index is 0.0691. The van der Waals surface area contributed by atoms with Gasteiger partial charge in [0.1, 0.15) is 11.6 Å². The first-order valence-electron chi connectivity index (χ1n) is 8.57. The Morgan fingerprint density at radius 2 is 1.64 bits per heavy atom. The first-order chi connectivity index (χ1) is 11.9. The topological polar surface area (TPSA) is 50.7 Å². The van der Waals surface area contributed by atoms with Gasteiger partial charge in [-0.1, -0.05) is 12.2 Å². The van der Waals surface area contributed by atoms with Crippen molar-refractivity contribution in [2.45, 2.75) is 55.5 Å². The number of halogens is 3. The molecule has 3 heterocycles. The van der Waals surface area contributed by atoms with Gasteiger partial charge < -0.3 is 5.32 Å². The Hall–Kier alpha value is -2.18. The monoisotopic (exact) mass is 346 g/mol. The number of alkyl halides is 3. The fourth-order valence-electron chi connectivity index (χ4n) is 3.71. The van der Waals surface area contributed by atoms with Crippen LogP contribution in [0.3, 0.4) is 0 Å². The Bertz CT molecular complexity index is 842. The number of aromatic nitrogens is 3. The summed E-state index contributed by atoms with van der Waals surface area (Å²) in [5.74, 6) is 1.61. The summed E-state index contributed by atoms with van der Waals surface area (Å²) in [6.45, 7) is 0. The van der Waals surface area contributed by atoms with Gasteiger partial charge in [0.15, 0.2) is 0 Å². The largest absolute Gasteiger partial charge is 0.412 e. The van der Waals surface area contributed by atoms with Crippen molar-refractivity contribution in [1.29, 1.82) is 0 Å². The van der Waals surface area contributed by atoms with Crippen LogP contribution in [0.4, 0.5) is 19.1 Å². The van der Waals surface area contributed by atoms with E-state index in [1.807, 2.05) is 12.2 Å². The van der Waals surface area contributed by atoms with E-state index < -0.39 is 17.2 Å². The lowest BCUT2D eigenvalue weighted by atomic mass is 9.94. The second-order valence-corrected chi connectivity index (χ2v) is 7.59. The third-order valence-corrected chi connectivity index (χ3v) is 5.69. The maximum Gasteiger partial charge on any atom is 0.412 e. The van der Waals surface area contributed by atoms with E-state index in [1.165, 1.54) is 6.08 Å². The average molecular weight is 346 g/mol. The second kappa shape index (κ2) is 4.71. The van der Waals surface area contributed by atoms with Gasteiger partial charge in [-0.05, 0) is 50.7 Å². The van der Waals surface area contributed by atoms with Gasteiger partial charge in [0.05, 0.1) is 0 Å². The molecule has 4 bridgehead atoms. The number of anilines is 1. The van der Waals surface area contributed by atoms with E-state index in [1.54, 1.807) is 6.08 Å². The van der Waals surface area contributed by atoms with Gasteiger partial charge in [-0.15, -0.1) is 0 Å². The first kappa shape index (κ1) is 15.1. The van der Waals surface area contributed by atoms with Gasteiger partial charge in [0.25, 0.3) is 0 Å². The van der Waals surface area contributed by atoms with E-state index >= 15 is 0 Å². The van der Waals surface area contributed by atoms with E-state index in [4.69, 9.17) is 0 Å². The highest BCUT2D eigenvalue weighted by Gasteiger charge is 2.53. The third kappa shape index (κ3) is 2.48. The zero-order chi connectivity index (χ0) is 17.3. The minimum Gasteiger partial charge on any atom is -0.324 e. The second-order valence-electron chi connectivity index (χ2n) is 7.59. The quantitative estimate of drug-likeness (QED) is 0.769. The van der Waals surface area contributed by atoms with Gasteiger partial charge in [-0.25, -0.2) is 4.98 Å². The van der Waals surface area contributed by atoms with Crippen LogP contribution >= 0.6 is 0 Å². The maximum atomic E-state index is 13.6. The summed E-state index contributed by atoms with van der Waals surface area (Å²) in [5, 5.41) is 2.97. The van der Waals surface area contributed by atoms with Crippen molar-refractivity contribution in [3.63, 3.8) is 0 Å². The Balaban J connectivity index is 1.73. The number of allylic oxidation sites excluding steroid dienone is 5. The molecule has 25 heavy (non-hydrogen) atoms. The van der Waals surface area contributed by atoms with Gasteiger partial charge in [-0.2, -0.15) is 23.1 Å². The SMILES string of the molecule is FC(F)(F)/C1=C/C2=C/C=C\CC3(CC3)c3nc(nc(n3)C3(CC3)C1)N2. The van der Waals surface area contributed by atoms with Crippen LogP contribution in [-0.2, 0) is 10.8 Å². The highest BCUT2D eigenvalue weighted by molar-refractivity contribution is 5.47. The standard InChI is InChI=1S/C18H17F3N4/c19-18(20,21)11-9-12-3-1-2-4-16(5-6-16)13-23-14(17(10-11)7-8-17)25-15(22-12)24-13/h1-3,9H,4-8,10H2,(H,22,23,24,25)/b2-1-,11-9+,12-3-. The molecule has 4 nitrogen and oxygen atoms in total. The minimum atomic E-state index is -4.37. The lowest BCUT2D eigenvalue weighted by Crippen LogP contribution is -2.22. The number of nitrogens with zero attached hydrogens (tertiary/aromatic N) is 3. The molecule has 2 aliphatic heterocycles. The van der Waals surface area contributed by atoms with E-state index in [0.29, 0.717) is 30.3 Å². The van der Waals surface area contributed by atoms with Crippen molar-refractivity contribution in [2.24, 2.45) is 0 Å². The summed E-state index contributed by atoms with van der Waals surface area (Å²) in [5.41, 5.74) is -0.843. The molecule has 0 unspecified atom stereocenters. The Morgan fingerprint density at radius 3 is 2.28 bits per heavy atom. The van der Waals surface area contributed by atoms with E-state index in [9.17, 15) is 13.2 Å². The fourth-order valence-corrected chi connectivity index (χ4v) is 3.71. The predicted octanol–water partition coefficient (Wildman–Crippen LogP) is 4.08. The molecule has 0 saturated heterocycles. The molecule has 1 aromatic heterocycles. The van der Waals surface area contributed by atoms with Crippen LogP contribution < -0.4 is 5.32 Å². The van der Waals surface area contributed by atoms with Crippen LogP contribution in [0, 0.1) is 0 Å². The zero-order valence-corrected chi connectivity index (χ0v) is 13.5. The molecule has 7 heteroatoms. The van der Waals surface area contributed by atoms with Crippen LogP contribution in [0.25, 0.3) is 0 Å². The summed E-state index contributed by atoms with van der Waals surface area (Å²) < 4.78 is 40.7. The molecule has 5 rings (SSSR count). The smallest absolute Gasteiger partial charge is 0.324 e. The van der Waals surface area contributed by atoms with Crippen LogP contribution in [0.1, 0.15) is 50.2 Å². The van der Waals surface area contributed by atoms with Crippen molar-refractivity contribution in [2.75, 3.05) is 5.32 Å². The number of hydrogen-bond acceptors (Lipinski definition) is 4. The third-order valence-electron chi connectivity index (χ3n) is 5.69. The van der Waals surface area contributed by atoms with Crippen molar-refractivity contribution in [3.8, 4) is 0 Å². The molecule has 0 atom stereocenters. The summed E-state index contributed by atoms with van der Waals surface area (Å²) in [4.78, 5) is 13.7. The van der Waals surface area contributed by atoms with Gasteiger partial charge in [0.2, 0.25) is 5.95 Å². The summed E-state index contributed by atoms with van der Waals surface area (Å²) in [6, 6.07) is 0. The molecule has 1 N–H and O–H groups in total. The molecule has 130 valence electrons. The molecule has 2 spiro atoms. The fraction of sp³-hybridized carbons (Fsp3) is 0.500. The molecular formula is C18H17F3N4. The summed E-state index contributed by atoms with van der Waals surface area (Å²) >= 11 is 0. The van der Waals surface area contributed by atoms with Crippen LogP contribution in [0.5, 0.6) is 0 Å². The van der Waals surface area contributed by atoms with Gasteiger partial charge >= 0.3 is 6.18 Å². The molecule has 2 aliphatic carbocycles. The highest BCUT2D eigenvalue weighted by Crippen LogP contribution is 2.55. The van der Waals surface area contributed by atoms with Crippen molar-refractivity contribution in [3.05, 3.63) is 47.2 Å². The van der Waals surface area contributed by atoms with Crippen LogP contribution in [-0.4, -0.2) is 21.1 Å². The lowest BCUT2D eigenvalue weighted by molar-refractivity contribution is -0.0949. The maximum absolute atomic E-state index is 13.6. The van der Waals surface area contributed by atoms with E-state index in [2.05, 4.69) is 20.3 Å². The van der Waals surface area contributed by atoms with Gasteiger partial charge in [0, 0.05) is 22.1 Å². The van der Waals surface area contributed by atoms with E-state index in [-0.39, 0.29) is 11.8 Å². The van der Waals surface area contributed by atoms with Crippen LogP contribution in [0.15, 0.2) is 35.6 Å². The van der Waals surface area contributed by atoms with Gasteiger partial charge in [-0.3, -0.25) is 0 Å². The molecule has 1 aromatic rings.